The van der Waals surface area contributed by atoms with Crippen molar-refractivity contribution >= 4 is 28.7 Å². The highest BCUT2D eigenvalue weighted by molar-refractivity contribution is 8.14. The lowest BCUT2D eigenvalue weighted by Crippen LogP contribution is -2.25. The van der Waals surface area contributed by atoms with Gasteiger partial charge in [0, 0.05) is 25.5 Å². The maximum atomic E-state index is 11.8. The van der Waals surface area contributed by atoms with Gasteiger partial charge >= 0.3 is 0 Å². The van der Waals surface area contributed by atoms with E-state index < -0.39 is 5.37 Å². The van der Waals surface area contributed by atoms with Gasteiger partial charge in [-0.3, -0.25) is 9.59 Å². The normalized spacial score (nSPS) is 17.0. The van der Waals surface area contributed by atoms with E-state index in [9.17, 15) is 9.59 Å². The summed E-state index contributed by atoms with van der Waals surface area (Å²) in [6.45, 7) is 2.81. The molecule has 0 fully saturated rings. The third-order valence-corrected chi connectivity index (χ3v) is 4.04. The van der Waals surface area contributed by atoms with Crippen molar-refractivity contribution in [2.75, 3.05) is 14.2 Å². The highest BCUT2D eigenvalue weighted by atomic mass is 32.2. The first kappa shape index (κ1) is 16.2. The van der Waals surface area contributed by atoms with Crippen LogP contribution >= 0.6 is 11.8 Å². The Balaban J connectivity index is 2.35. The molecule has 1 atom stereocenters. The molecule has 1 heterocycles. The Kier molecular flexibility index (Phi) is 4.92. The number of hydrogen-bond donors (Lipinski definition) is 1. The predicted molar refractivity (Wildman–Crippen MR) is 83.6 cm³/mol. The van der Waals surface area contributed by atoms with Crippen LogP contribution in [-0.2, 0) is 9.59 Å². The van der Waals surface area contributed by atoms with Gasteiger partial charge in [0.15, 0.2) is 5.17 Å². The molecule has 0 spiro atoms. The summed E-state index contributed by atoms with van der Waals surface area (Å²) in [6, 6.07) is 5.34. The summed E-state index contributed by atoms with van der Waals surface area (Å²) in [5.74, 6) is 0.774. The minimum Gasteiger partial charge on any atom is -0.497 e. The summed E-state index contributed by atoms with van der Waals surface area (Å²) in [7, 11) is 3.12. The summed E-state index contributed by atoms with van der Waals surface area (Å²) in [5, 5.41) is 8.05. The van der Waals surface area contributed by atoms with Crippen LogP contribution in [0.2, 0.25) is 0 Å². The average molecular weight is 323 g/mol. The molecule has 1 aliphatic rings. The SMILES string of the molecule is COc1ccc([C@@H]2SC(NC(C)=O)=NN2C(C)=O)c(OC)c1. The topological polar surface area (TPSA) is 80.2 Å². The van der Waals surface area contributed by atoms with E-state index in [2.05, 4.69) is 10.4 Å². The number of nitrogens with one attached hydrogen (secondary N) is 1. The molecule has 0 unspecified atom stereocenters. The number of thioether (sulfide) groups is 1. The highest BCUT2D eigenvalue weighted by Crippen LogP contribution is 2.43. The van der Waals surface area contributed by atoms with E-state index in [1.807, 2.05) is 6.07 Å². The van der Waals surface area contributed by atoms with E-state index in [4.69, 9.17) is 9.47 Å². The maximum absolute atomic E-state index is 11.8. The number of ether oxygens (including phenoxy) is 2. The van der Waals surface area contributed by atoms with Crippen molar-refractivity contribution in [1.82, 2.24) is 10.3 Å². The number of carbonyl (C=O) groups excluding carboxylic acids is 2. The lowest BCUT2D eigenvalue weighted by Gasteiger charge is -2.21. The molecule has 2 amide bonds. The average Bonchev–Trinajstić information content (AvgIpc) is 2.89. The van der Waals surface area contributed by atoms with Gasteiger partial charge in [-0.2, -0.15) is 0 Å². The van der Waals surface area contributed by atoms with Gasteiger partial charge in [-0.05, 0) is 12.1 Å². The molecule has 7 nitrogen and oxygen atoms in total. The van der Waals surface area contributed by atoms with Crippen molar-refractivity contribution < 1.29 is 19.1 Å². The lowest BCUT2D eigenvalue weighted by molar-refractivity contribution is -0.129. The standard InChI is InChI=1S/C14H17N3O4S/c1-8(18)15-14-16-17(9(2)19)13(22-14)11-6-5-10(20-3)7-12(11)21-4/h5-7,13H,1-4H3,(H,15,16,18)/t13-/m0/s1. The maximum Gasteiger partial charge on any atom is 0.241 e. The van der Waals surface area contributed by atoms with Gasteiger partial charge in [0.2, 0.25) is 11.8 Å². The zero-order valence-electron chi connectivity index (χ0n) is 12.7. The summed E-state index contributed by atoms with van der Waals surface area (Å²) in [6.07, 6.45) is 0. The molecular weight excluding hydrogens is 306 g/mol. The molecule has 0 aliphatic carbocycles. The minimum atomic E-state index is -0.403. The van der Waals surface area contributed by atoms with E-state index in [0.29, 0.717) is 16.7 Å². The van der Waals surface area contributed by atoms with Gasteiger partial charge in [-0.25, -0.2) is 5.01 Å². The first-order valence-electron chi connectivity index (χ1n) is 6.50. The highest BCUT2D eigenvalue weighted by Gasteiger charge is 2.34. The molecule has 118 valence electrons. The summed E-state index contributed by atoms with van der Waals surface area (Å²) < 4.78 is 10.5. The molecule has 0 saturated carbocycles. The Hall–Kier alpha value is -2.22. The minimum absolute atomic E-state index is 0.226. The van der Waals surface area contributed by atoms with E-state index in [-0.39, 0.29) is 11.8 Å². The quantitative estimate of drug-likeness (QED) is 0.916. The summed E-state index contributed by atoms with van der Waals surface area (Å²) >= 11 is 1.27. The Morgan fingerprint density at radius 3 is 2.55 bits per heavy atom. The zero-order chi connectivity index (χ0) is 16.3. The first-order valence-corrected chi connectivity index (χ1v) is 7.38. The molecule has 0 aromatic heterocycles. The second-order valence-corrected chi connectivity index (χ2v) is 5.60. The smallest absolute Gasteiger partial charge is 0.241 e. The number of amides is 2. The zero-order valence-corrected chi connectivity index (χ0v) is 13.6. The molecule has 8 heteroatoms. The number of amidine groups is 1. The fraction of sp³-hybridized carbons (Fsp3) is 0.357. The number of carbonyl (C=O) groups is 2. The Morgan fingerprint density at radius 1 is 1.27 bits per heavy atom. The van der Waals surface area contributed by atoms with Crippen LogP contribution in [0.4, 0.5) is 0 Å². The number of rotatable bonds is 3. The van der Waals surface area contributed by atoms with Crippen LogP contribution in [0.1, 0.15) is 24.8 Å². The molecule has 1 aromatic carbocycles. The Bertz CT molecular complexity index is 633. The van der Waals surface area contributed by atoms with Crippen LogP contribution in [0.5, 0.6) is 11.5 Å². The molecule has 1 aliphatic heterocycles. The Morgan fingerprint density at radius 2 is 2.00 bits per heavy atom. The second kappa shape index (κ2) is 6.69. The van der Waals surface area contributed by atoms with Crippen molar-refractivity contribution in [3.8, 4) is 11.5 Å². The number of benzene rings is 1. The third kappa shape index (κ3) is 3.33. The largest absolute Gasteiger partial charge is 0.497 e. The number of methoxy groups -OCH3 is 2. The molecular formula is C14H17N3O4S. The van der Waals surface area contributed by atoms with Crippen LogP contribution in [0, 0.1) is 0 Å². The third-order valence-electron chi connectivity index (χ3n) is 2.96. The van der Waals surface area contributed by atoms with E-state index in [0.717, 1.165) is 5.56 Å². The van der Waals surface area contributed by atoms with Gasteiger partial charge in [-0.15, -0.1) is 5.10 Å². The molecule has 0 radical (unpaired) electrons. The van der Waals surface area contributed by atoms with Crippen LogP contribution in [-0.4, -0.2) is 36.2 Å². The Labute approximate surface area is 132 Å². The van der Waals surface area contributed by atoms with E-state index >= 15 is 0 Å². The van der Waals surface area contributed by atoms with Crippen molar-refractivity contribution in [2.45, 2.75) is 19.2 Å². The van der Waals surface area contributed by atoms with Crippen LogP contribution in [0.15, 0.2) is 23.3 Å². The summed E-state index contributed by atoms with van der Waals surface area (Å²) in [5.41, 5.74) is 0.771. The van der Waals surface area contributed by atoms with Gasteiger partial charge in [0.25, 0.3) is 0 Å². The predicted octanol–water partition coefficient (Wildman–Crippen LogP) is 1.70. The molecule has 2 rings (SSSR count). The van der Waals surface area contributed by atoms with Gasteiger partial charge in [0.1, 0.15) is 16.9 Å². The number of nitrogens with zero attached hydrogens (tertiary/aromatic N) is 2. The lowest BCUT2D eigenvalue weighted by atomic mass is 10.2. The molecule has 0 saturated heterocycles. The number of hydrazone groups is 1. The van der Waals surface area contributed by atoms with Crippen LogP contribution in [0.25, 0.3) is 0 Å². The van der Waals surface area contributed by atoms with Crippen LogP contribution in [0.3, 0.4) is 0 Å². The van der Waals surface area contributed by atoms with E-state index in [1.54, 1.807) is 26.4 Å². The molecule has 1 N–H and O–H groups in total. The molecule has 0 bridgehead atoms. The van der Waals surface area contributed by atoms with Crippen molar-refractivity contribution in [3.63, 3.8) is 0 Å². The van der Waals surface area contributed by atoms with Crippen molar-refractivity contribution in [3.05, 3.63) is 23.8 Å². The second-order valence-electron chi connectivity index (χ2n) is 4.53. The fourth-order valence-corrected chi connectivity index (χ4v) is 3.15. The number of hydrogen-bond acceptors (Lipinski definition) is 6. The van der Waals surface area contributed by atoms with Crippen molar-refractivity contribution in [2.24, 2.45) is 5.10 Å². The van der Waals surface area contributed by atoms with Crippen molar-refractivity contribution in [1.29, 1.82) is 0 Å². The fourth-order valence-electron chi connectivity index (χ4n) is 1.99. The van der Waals surface area contributed by atoms with Gasteiger partial charge < -0.3 is 14.8 Å². The monoisotopic (exact) mass is 323 g/mol. The van der Waals surface area contributed by atoms with Crippen LogP contribution < -0.4 is 14.8 Å². The summed E-state index contributed by atoms with van der Waals surface area (Å²) in [4.78, 5) is 23.0. The van der Waals surface area contributed by atoms with Gasteiger partial charge in [-0.1, -0.05) is 11.8 Å². The molecule has 1 aromatic rings. The first-order chi connectivity index (χ1) is 10.5. The molecule has 22 heavy (non-hydrogen) atoms. The van der Waals surface area contributed by atoms with Gasteiger partial charge in [0.05, 0.1) is 14.2 Å². The van der Waals surface area contributed by atoms with E-state index in [1.165, 1.54) is 30.6 Å².